The van der Waals surface area contributed by atoms with Crippen LogP contribution in [-0.2, 0) is 18.5 Å². The number of benzene rings is 3. The Morgan fingerprint density at radius 1 is 0.900 bits per heavy atom. The van der Waals surface area contributed by atoms with Gasteiger partial charge in [-0.1, -0.05) is 83.9 Å². The molecule has 0 aromatic heterocycles. The third-order valence-corrected chi connectivity index (χ3v) is 7.03. The fraction of sp³-hybridized carbons (Fsp3) is 0.333. The van der Waals surface area contributed by atoms with Gasteiger partial charge >= 0.3 is 0 Å². The van der Waals surface area contributed by atoms with Crippen LogP contribution in [0.25, 0.3) is 0 Å². The van der Waals surface area contributed by atoms with Crippen LogP contribution in [0.2, 0.25) is 0 Å². The molecule has 0 aliphatic rings. The highest BCUT2D eigenvalue weighted by atomic mass is 31.1. The highest BCUT2D eigenvalue weighted by Crippen LogP contribution is 2.34. The minimum absolute atomic E-state index is 0.0835. The predicted molar refractivity (Wildman–Crippen MR) is 132 cm³/mol. The van der Waals surface area contributed by atoms with Gasteiger partial charge < -0.3 is 5.11 Å². The van der Waals surface area contributed by atoms with Gasteiger partial charge in [0.15, 0.2) is 0 Å². The van der Waals surface area contributed by atoms with E-state index in [1.807, 2.05) is 0 Å². The molecule has 3 aromatic carbocycles. The number of hydrogen-bond donors (Lipinski definition) is 1. The summed E-state index contributed by atoms with van der Waals surface area (Å²) in [5.74, 6) is 0.457. The third kappa shape index (κ3) is 5.50. The van der Waals surface area contributed by atoms with E-state index in [9.17, 15) is 5.11 Å². The highest BCUT2D eigenvalue weighted by Gasteiger charge is 2.21. The molecule has 0 spiro atoms. The minimum atomic E-state index is -0.0835. The van der Waals surface area contributed by atoms with Crippen molar-refractivity contribution < 1.29 is 5.11 Å². The predicted octanol–water partition coefficient (Wildman–Crippen LogP) is 5.57. The summed E-state index contributed by atoms with van der Waals surface area (Å²) in [6.45, 7) is 12.6. The molecule has 0 radical (unpaired) electrons. The van der Waals surface area contributed by atoms with Gasteiger partial charge in [0.25, 0.3) is 0 Å². The molecule has 1 N–H and O–H groups in total. The zero-order valence-electron chi connectivity index (χ0n) is 19.1. The normalized spacial score (nSPS) is 12.2. The van der Waals surface area contributed by atoms with E-state index in [0.29, 0.717) is 14.3 Å². The molecule has 0 fully saturated rings. The maximum atomic E-state index is 11.1. The lowest BCUT2D eigenvalue weighted by Crippen LogP contribution is -2.23. The van der Waals surface area contributed by atoms with Crippen molar-refractivity contribution >= 4 is 19.2 Å². The number of nitrogens with zero attached hydrogens (tertiary/aromatic N) is 1. The number of aromatic hydroxyl groups is 1. The summed E-state index contributed by atoms with van der Waals surface area (Å²) < 4.78 is 0. The van der Waals surface area contributed by atoms with Gasteiger partial charge in [0, 0.05) is 24.0 Å². The first-order chi connectivity index (χ1) is 14.1. The average molecular weight is 420 g/mol. The molecule has 1 unspecified atom stereocenters. The molecule has 0 heterocycles. The average Bonchev–Trinajstić information content (AvgIpc) is 2.66. The van der Waals surface area contributed by atoms with E-state index >= 15 is 0 Å². The summed E-state index contributed by atoms with van der Waals surface area (Å²) in [7, 11) is 2.61. The second-order valence-corrected chi connectivity index (χ2v) is 10.6. The van der Waals surface area contributed by atoms with Gasteiger partial charge in [0.1, 0.15) is 5.75 Å². The summed E-state index contributed by atoms with van der Waals surface area (Å²) in [6.07, 6.45) is 0. The molecular weight excluding hydrogens is 385 g/mol. The molecule has 2 nitrogen and oxygen atoms in total. The van der Waals surface area contributed by atoms with E-state index in [1.54, 1.807) is 0 Å². The lowest BCUT2D eigenvalue weighted by molar-refractivity contribution is 0.320. The molecule has 3 heteroatoms. The molecule has 3 aromatic rings. The zero-order chi connectivity index (χ0) is 21.9. The monoisotopic (exact) mass is 419 g/mol. The van der Waals surface area contributed by atoms with Crippen molar-refractivity contribution in [1.82, 2.24) is 4.90 Å². The lowest BCUT2D eigenvalue weighted by atomic mass is 9.85. The summed E-state index contributed by atoms with van der Waals surface area (Å²) in [6, 6.07) is 21.4. The number of phenolic OH excluding ortho intramolecular Hbond substituents is 1. The number of aryl methyl sites for hydroxylation is 2. The third-order valence-electron chi connectivity index (χ3n) is 5.42. The fourth-order valence-electron chi connectivity index (χ4n) is 3.86. The fourth-order valence-corrected chi connectivity index (χ4v) is 5.29. The Bertz CT molecular complexity index is 1010. The highest BCUT2D eigenvalue weighted by molar-refractivity contribution is 7.56. The van der Waals surface area contributed by atoms with E-state index in [4.69, 9.17) is 0 Å². The van der Waals surface area contributed by atoms with Crippen LogP contribution in [0.3, 0.4) is 0 Å². The van der Waals surface area contributed by atoms with Crippen molar-refractivity contribution in [2.24, 2.45) is 0 Å². The van der Waals surface area contributed by atoms with Crippen LogP contribution < -0.4 is 10.6 Å². The second-order valence-electron chi connectivity index (χ2n) is 9.35. The molecule has 30 heavy (non-hydrogen) atoms. The SMILES string of the molecule is Cc1cc(Pc2c(C)cccc2CN(C)Cc2ccccc2)c(O)c(C(C)(C)C)c1. The molecule has 0 saturated carbocycles. The van der Waals surface area contributed by atoms with Gasteiger partial charge in [0.05, 0.1) is 0 Å². The zero-order valence-corrected chi connectivity index (χ0v) is 20.1. The Morgan fingerprint density at radius 3 is 2.27 bits per heavy atom. The topological polar surface area (TPSA) is 23.5 Å². The number of hydrogen-bond acceptors (Lipinski definition) is 2. The van der Waals surface area contributed by atoms with Crippen LogP contribution in [0.4, 0.5) is 0 Å². The minimum Gasteiger partial charge on any atom is -0.507 e. The van der Waals surface area contributed by atoms with Crippen LogP contribution in [0.15, 0.2) is 60.7 Å². The molecule has 0 aliphatic carbocycles. The van der Waals surface area contributed by atoms with E-state index in [2.05, 4.69) is 107 Å². The Morgan fingerprint density at radius 2 is 1.60 bits per heavy atom. The largest absolute Gasteiger partial charge is 0.507 e. The molecule has 0 amide bonds. The summed E-state index contributed by atoms with van der Waals surface area (Å²) in [5.41, 5.74) is 6.10. The van der Waals surface area contributed by atoms with Crippen LogP contribution in [0, 0.1) is 13.8 Å². The summed E-state index contributed by atoms with van der Waals surface area (Å²) in [5, 5.41) is 13.5. The van der Waals surface area contributed by atoms with Crippen LogP contribution in [-0.4, -0.2) is 17.1 Å². The van der Waals surface area contributed by atoms with Crippen molar-refractivity contribution in [1.29, 1.82) is 0 Å². The van der Waals surface area contributed by atoms with Crippen LogP contribution >= 0.6 is 8.58 Å². The van der Waals surface area contributed by atoms with Crippen molar-refractivity contribution in [3.63, 3.8) is 0 Å². The van der Waals surface area contributed by atoms with Crippen molar-refractivity contribution in [2.75, 3.05) is 7.05 Å². The van der Waals surface area contributed by atoms with Crippen LogP contribution in [0.1, 0.15) is 48.6 Å². The smallest absolute Gasteiger partial charge is 0.127 e. The second kappa shape index (κ2) is 9.33. The Hall–Kier alpha value is -2.15. The molecule has 1 atom stereocenters. The van der Waals surface area contributed by atoms with E-state index < -0.39 is 0 Å². The number of rotatable bonds is 6. The Kier molecular flexibility index (Phi) is 7.01. The van der Waals surface area contributed by atoms with Crippen molar-refractivity contribution in [2.45, 2.75) is 53.1 Å². The van der Waals surface area contributed by atoms with Gasteiger partial charge in [-0.05, 0) is 59.9 Å². The van der Waals surface area contributed by atoms with Gasteiger partial charge in [-0.15, -0.1) is 0 Å². The van der Waals surface area contributed by atoms with Gasteiger partial charge in [0.2, 0.25) is 0 Å². The van der Waals surface area contributed by atoms with E-state index in [0.717, 1.165) is 24.0 Å². The van der Waals surface area contributed by atoms with Gasteiger partial charge in [-0.2, -0.15) is 0 Å². The molecular formula is C27H34NOP. The van der Waals surface area contributed by atoms with Gasteiger partial charge in [-0.3, -0.25) is 4.90 Å². The Balaban J connectivity index is 1.90. The maximum Gasteiger partial charge on any atom is 0.127 e. The van der Waals surface area contributed by atoms with E-state index in [1.165, 1.54) is 27.6 Å². The molecule has 3 rings (SSSR count). The first-order valence-electron chi connectivity index (χ1n) is 10.6. The molecule has 0 bridgehead atoms. The lowest BCUT2D eigenvalue weighted by Gasteiger charge is -2.24. The maximum absolute atomic E-state index is 11.1. The first-order valence-corrected chi connectivity index (χ1v) is 11.6. The van der Waals surface area contributed by atoms with Crippen LogP contribution in [0.5, 0.6) is 5.75 Å². The Labute approximate surface area is 183 Å². The molecule has 0 aliphatic heterocycles. The first kappa shape index (κ1) is 22.5. The van der Waals surface area contributed by atoms with Crippen molar-refractivity contribution in [3.8, 4) is 5.75 Å². The molecule has 0 saturated heterocycles. The quantitative estimate of drug-likeness (QED) is 0.528. The van der Waals surface area contributed by atoms with Crippen molar-refractivity contribution in [3.05, 3.63) is 88.5 Å². The van der Waals surface area contributed by atoms with E-state index in [-0.39, 0.29) is 5.41 Å². The standard InChI is InChI=1S/C27H34NOP/c1-19-15-23(27(3,4)5)25(29)24(16-19)30-26-20(2)11-10-14-22(26)18-28(6)17-21-12-8-7-9-13-21/h7-16,29-30H,17-18H2,1-6H3. The summed E-state index contributed by atoms with van der Waals surface area (Å²) in [4.78, 5) is 2.36. The number of phenols is 1. The van der Waals surface area contributed by atoms with Gasteiger partial charge in [-0.25, -0.2) is 0 Å². The molecule has 158 valence electrons. The summed E-state index contributed by atoms with van der Waals surface area (Å²) >= 11 is 0.